The maximum absolute atomic E-state index is 13.7. The average Bonchev–Trinajstić information content (AvgIpc) is 3.21. The van der Waals surface area contributed by atoms with Crippen LogP contribution in [0, 0.1) is 5.82 Å². The molecule has 3 heterocycles. The molecule has 0 radical (unpaired) electrons. The number of carbonyl (C=O) groups excluding carboxylic acids is 1. The molecule has 2 aliphatic heterocycles. The van der Waals surface area contributed by atoms with Gasteiger partial charge in [-0.15, -0.1) is 0 Å². The van der Waals surface area contributed by atoms with Crippen molar-refractivity contribution in [2.75, 3.05) is 39.4 Å². The number of benzene rings is 1. The zero-order valence-electron chi connectivity index (χ0n) is 17.0. The van der Waals surface area contributed by atoms with E-state index in [1.165, 1.54) is 18.2 Å². The first-order chi connectivity index (χ1) is 15.0. The van der Waals surface area contributed by atoms with Gasteiger partial charge >= 0.3 is 0 Å². The standard InChI is InChI=1S/C21H26FN3O6/c22-15-3-1-2-4-19(15)30-13-14-11-16(23-31-14)21(28)25-6-5-18(26)20(27)17(12-25)24-7-9-29-10-8-24/h1-4,11,17-18,20,26-27H,5-10,12-13H2/t17-,18-,20+/m1/s1. The second-order valence-electron chi connectivity index (χ2n) is 7.71. The molecule has 2 aromatic rings. The van der Waals surface area contributed by atoms with Gasteiger partial charge in [0.25, 0.3) is 5.91 Å². The predicted octanol–water partition coefficient (Wildman–Crippen LogP) is 0.661. The molecule has 2 fully saturated rings. The number of rotatable bonds is 5. The van der Waals surface area contributed by atoms with Gasteiger partial charge in [0.1, 0.15) is 6.61 Å². The predicted molar refractivity (Wildman–Crippen MR) is 106 cm³/mol. The van der Waals surface area contributed by atoms with Crippen LogP contribution in [0.3, 0.4) is 0 Å². The van der Waals surface area contributed by atoms with Gasteiger partial charge in [0, 0.05) is 32.2 Å². The number of halogens is 1. The van der Waals surface area contributed by atoms with E-state index in [2.05, 4.69) is 5.16 Å². The summed E-state index contributed by atoms with van der Waals surface area (Å²) < 4.78 is 29.6. The number of aliphatic hydroxyl groups excluding tert-OH is 2. The summed E-state index contributed by atoms with van der Waals surface area (Å²) in [5.74, 6) is -0.489. The molecule has 0 aliphatic carbocycles. The van der Waals surface area contributed by atoms with E-state index in [0.717, 1.165) is 0 Å². The first-order valence-electron chi connectivity index (χ1n) is 10.3. The first kappa shape index (κ1) is 21.7. The SMILES string of the molecule is O=C(c1cc(COc2ccccc2F)on1)N1CC[C@@H](O)[C@@H](O)[C@H](N2CCOCC2)C1. The van der Waals surface area contributed by atoms with Crippen molar-refractivity contribution in [3.8, 4) is 5.75 Å². The Bertz CT molecular complexity index is 888. The van der Waals surface area contributed by atoms with Crippen LogP contribution < -0.4 is 4.74 Å². The van der Waals surface area contributed by atoms with Gasteiger partial charge in [-0.1, -0.05) is 17.3 Å². The van der Waals surface area contributed by atoms with Crippen LogP contribution >= 0.6 is 0 Å². The molecule has 2 saturated heterocycles. The van der Waals surface area contributed by atoms with Gasteiger partial charge in [0.15, 0.2) is 23.0 Å². The number of aromatic nitrogens is 1. The minimum absolute atomic E-state index is 0.0744. The van der Waals surface area contributed by atoms with Crippen LogP contribution in [-0.2, 0) is 11.3 Å². The highest BCUT2D eigenvalue weighted by atomic mass is 19.1. The summed E-state index contributed by atoms with van der Waals surface area (Å²) in [5, 5.41) is 24.7. The Morgan fingerprint density at radius 3 is 2.77 bits per heavy atom. The van der Waals surface area contributed by atoms with Crippen molar-refractivity contribution in [2.45, 2.75) is 31.3 Å². The maximum atomic E-state index is 13.7. The Labute approximate surface area is 178 Å². The smallest absolute Gasteiger partial charge is 0.276 e. The Balaban J connectivity index is 1.42. The van der Waals surface area contributed by atoms with E-state index >= 15 is 0 Å². The first-order valence-corrected chi connectivity index (χ1v) is 10.3. The highest BCUT2D eigenvalue weighted by Gasteiger charge is 2.38. The molecule has 9 nitrogen and oxygen atoms in total. The normalized spacial score (nSPS) is 25.3. The van der Waals surface area contributed by atoms with E-state index in [4.69, 9.17) is 14.0 Å². The number of aliphatic hydroxyl groups is 2. The highest BCUT2D eigenvalue weighted by molar-refractivity contribution is 5.92. The highest BCUT2D eigenvalue weighted by Crippen LogP contribution is 2.21. The molecule has 0 saturated carbocycles. The van der Waals surface area contributed by atoms with Crippen molar-refractivity contribution < 1.29 is 33.4 Å². The quantitative estimate of drug-likeness (QED) is 0.705. The summed E-state index contributed by atoms with van der Waals surface area (Å²) in [6, 6.07) is 7.06. The number of likely N-dealkylation sites (tertiary alicyclic amines) is 1. The van der Waals surface area contributed by atoms with Gasteiger partial charge in [-0.05, 0) is 18.6 Å². The number of hydrogen-bond donors (Lipinski definition) is 2. The van der Waals surface area contributed by atoms with Gasteiger partial charge in [-0.25, -0.2) is 4.39 Å². The van der Waals surface area contributed by atoms with E-state index in [0.29, 0.717) is 26.3 Å². The van der Waals surface area contributed by atoms with Gasteiger partial charge in [0.2, 0.25) is 0 Å². The van der Waals surface area contributed by atoms with Crippen molar-refractivity contribution >= 4 is 5.91 Å². The van der Waals surface area contributed by atoms with Crippen LogP contribution in [0.15, 0.2) is 34.9 Å². The summed E-state index contributed by atoms with van der Waals surface area (Å²) in [6.07, 6.45) is -1.62. The third-order valence-electron chi connectivity index (χ3n) is 5.68. The van der Waals surface area contributed by atoms with E-state index in [1.807, 2.05) is 4.90 Å². The maximum Gasteiger partial charge on any atom is 0.276 e. The molecular weight excluding hydrogens is 409 g/mol. The molecule has 4 rings (SSSR count). The van der Waals surface area contributed by atoms with Crippen LogP contribution in [-0.4, -0.2) is 88.7 Å². The molecule has 168 valence electrons. The number of hydrogen-bond acceptors (Lipinski definition) is 8. The molecule has 3 atom stereocenters. The average molecular weight is 435 g/mol. The Morgan fingerprint density at radius 2 is 2.00 bits per heavy atom. The zero-order chi connectivity index (χ0) is 21.8. The molecule has 0 unspecified atom stereocenters. The fraction of sp³-hybridized carbons (Fsp3) is 0.524. The van der Waals surface area contributed by atoms with Crippen molar-refractivity contribution in [3.63, 3.8) is 0 Å². The lowest BCUT2D eigenvalue weighted by atomic mass is 10.0. The molecule has 31 heavy (non-hydrogen) atoms. The number of carbonyl (C=O) groups is 1. The van der Waals surface area contributed by atoms with Crippen molar-refractivity contribution in [1.82, 2.24) is 15.0 Å². The molecule has 0 spiro atoms. The fourth-order valence-electron chi connectivity index (χ4n) is 3.92. The van der Waals surface area contributed by atoms with E-state index in [9.17, 15) is 19.4 Å². The second-order valence-corrected chi connectivity index (χ2v) is 7.71. The number of ether oxygens (including phenoxy) is 2. The number of nitrogens with zero attached hydrogens (tertiary/aromatic N) is 3. The van der Waals surface area contributed by atoms with E-state index < -0.39 is 24.1 Å². The number of para-hydroxylation sites is 1. The van der Waals surface area contributed by atoms with Crippen LogP contribution in [0.2, 0.25) is 0 Å². The van der Waals surface area contributed by atoms with E-state index in [-0.39, 0.29) is 49.2 Å². The van der Waals surface area contributed by atoms with Crippen LogP contribution in [0.25, 0.3) is 0 Å². The van der Waals surface area contributed by atoms with Gasteiger partial charge < -0.3 is 29.1 Å². The summed E-state index contributed by atoms with van der Waals surface area (Å²) in [6.45, 7) is 2.80. The lowest BCUT2D eigenvalue weighted by molar-refractivity contribution is -0.0609. The molecule has 10 heteroatoms. The Morgan fingerprint density at radius 1 is 1.23 bits per heavy atom. The molecule has 1 aromatic heterocycles. The summed E-state index contributed by atoms with van der Waals surface area (Å²) in [5.41, 5.74) is 0.0961. The monoisotopic (exact) mass is 435 g/mol. The largest absolute Gasteiger partial charge is 0.482 e. The minimum atomic E-state index is -0.960. The molecule has 2 aliphatic rings. The number of morpholine rings is 1. The zero-order valence-corrected chi connectivity index (χ0v) is 17.0. The lowest BCUT2D eigenvalue weighted by Gasteiger charge is -2.38. The van der Waals surface area contributed by atoms with Crippen LogP contribution in [0.1, 0.15) is 22.7 Å². The lowest BCUT2D eigenvalue weighted by Crippen LogP contribution is -2.55. The fourth-order valence-corrected chi connectivity index (χ4v) is 3.92. The van der Waals surface area contributed by atoms with Crippen molar-refractivity contribution in [1.29, 1.82) is 0 Å². The number of amides is 1. The summed E-state index contributed by atoms with van der Waals surface area (Å²) >= 11 is 0. The molecule has 1 amide bonds. The van der Waals surface area contributed by atoms with Gasteiger partial charge in [0.05, 0.1) is 31.5 Å². The van der Waals surface area contributed by atoms with Crippen molar-refractivity contribution in [3.05, 3.63) is 47.6 Å². The van der Waals surface area contributed by atoms with Crippen LogP contribution in [0.5, 0.6) is 5.75 Å². The molecule has 0 bridgehead atoms. The van der Waals surface area contributed by atoms with Crippen LogP contribution in [0.4, 0.5) is 4.39 Å². The summed E-state index contributed by atoms with van der Waals surface area (Å²) in [7, 11) is 0. The molecule has 2 N–H and O–H groups in total. The second kappa shape index (κ2) is 9.73. The molecular formula is C21H26FN3O6. The summed E-state index contributed by atoms with van der Waals surface area (Å²) in [4.78, 5) is 16.6. The third-order valence-corrected chi connectivity index (χ3v) is 5.68. The third kappa shape index (κ3) is 5.04. The Kier molecular flexibility index (Phi) is 6.81. The van der Waals surface area contributed by atoms with E-state index in [1.54, 1.807) is 17.0 Å². The van der Waals surface area contributed by atoms with Crippen molar-refractivity contribution in [2.24, 2.45) is 0 Å². The van der Waals surface area contributed by atoms with Gasteiger partial charge in [-0.2, -0.15) is 0 Å². The molecule has 1 aromatic carbocycles. The minimum Gasteiger partial charge on any atom is -0.482 e. The topological polar surface area (TPSA) is 108 Å². The van der Waals surface area contributed by atoms with Gasteiger partial charge in [-0.3, -0.25) is 9.69 Å². The Hall–Kier alpha value is -2.53.